The van der Waals surface area contributed by atoms with Gasteiger partial charge in [-0.1, -0.05) is 97.1 Å². The molecule has 3 aliphatic heterocycles. The number of hydrogen-bond acceptors (Lipinski definition) is 6. The number of carbonyl (C=O) groups excluding carboxylic acids is 2. The largest absolute Gasteiger partial charge is 0.632 e. The minimum Gasteiger partial charge on any atom is -0.521 e. The Kier molecular flexibility index (Phi) is 10.1. The molecule has 0 N–H and O–H groups in total. The molecule has 3 heterocycles. The summed E-state index contributed by atoms with van der Waals surface area (Å²) in [6.45, 7) is 1.87. The topological polar surface area (TPSA) is 77.5 Å². The summed E-state index contributed by atoms with van der Waals surface area (Å²) in [5.41, 5.74) is 7.51. The van der Waals surface area contributed by atoms with Gasteiger partial charge < -0.3 is 28.6 Å². The third kappa shape index (κ3) is 7.44. The third-order valence-electron chi connectivity index (χ3n) is 15.7. The molecular formula is C62H51BN2O6. The smallest absolute Gasteiger partial charge is 0.521 e. The van der Waals surface area contributed by atoms with E-state index in [4.69, 9.17) is 18.8 Å². The van der Waals surface area contributed by atoms with Gasteiger partial charge in [0.1, 0.15) is 23.0 Å². The fraction of sp³-hybridized carbons (Fsp3) is 0.226. The van der Waals surface area contributed by atoms with Crippen molar-refractivity contribution in [2.75, 3.05) is 0 Å². The highest BCUT2D eigenvalue weighted by molar-refractivity contribution is 6.63. The minimum absolute atomic E-state index is 0.0949. The monoisotopic (exact) mass is 930 g/mol. The van der Waals surface area contributed by atoms with Crippen LogP contribution in [0.3, 0.4) is 0 Å². The molecule has 9 aromatic carbocycles. The average molecular weight is 931 g/mol. The van der Waals surface area contributed by atoms with Gasteiger partial charge in [-0.3, -0.25) is 9.59 Å². The number of rotatable bonds is 7. The molecule has 2 saturated carbocycles. The van der Waals surface area contributed by atoms with Gasteiger partial charge in [0.25, 0.3) is 11.8 Å². The number of hydrogen-bond donors (Lipinski definition) is 0. The Morgan fingerprint density at radius 1 is 0.437 bits per heavy atom. The zero-order chi connectivity index (χ0) is 47.2. The second kappa shape index (κ2) is 17.0. The van der Waals surface area contributed by atoms with E-state index in [9.17, 15) is 0 Å². The molecule has 2 amide bonds. The van der Waals surface area contributed by atoms with Crippen LogP contribution in [0.4, 0.5) is 0 Å². The Labute approximate surface area is 412 Å². The highest BCUT2D eigenvalue weighted by atomic mass is 16.6. The van der Waals surface area contributed by atoms with Crippen LogP contribution in [0.2, 0.25) is 0 Å². The molecule has 2 fully saturated rings. The van der Waals surface area contributed by atoms with Gasteiger partial charge >= 0.3 is 7.12 Å². The summed E-state index contributed by atoms with van der Waals surface area (Å²) < 4.78 is 28.4. The van der Waals surface area contributed by atoms with Crippen molar-refractivity contribution in [3.8, 4) is 34.1 Å². The van der Waals surface area contributed by atoms with E-state index in [2.05, 4.69) is 97.1 Å². The minimum atomic E-state index is -1.12. The molecule has 0 spiro atoms. The first-order valence-electron chi connectivity index (χ1n) is 25.5. The molecule has 348 valence electrons. The Hall–Kier alpha value is -7.78. The lowest BCUT2D eigenvalue weighted by molar-refractivity contribution is 0.0743. The van der Waals surface area contributed by atoms with E-state index in [1.807, 2.05) is 64.4 Å². The van der Waals surface area contributed by atoms with E-state index >= 15 is 9.59 Å². The quantitative estimate of drug-likeness (QED) is 0.148. The van der Waals surface area contributed by atoms with Crippen molar-refractivity contribution in [2.45, 2.75) is 89.8 Å². The van der Waals surface area contributed by atoms with E-state index in [0.717, 1.165) is 117 Å². The molecule has 9 aromatic rings. The average Bonchev–Trinajstić information content (AvgIpc) is 4.24. The van der Waals surface area contributed by atoms with Crippen LogP contribution in [0.1, 0.15) is 94.3 Å². The summed E-state index contributed by atoms with van der Waals surface area (Å²) in [7, 11) is -1.12. The Morgan fingerprint density at radius 2 is 0.789 bits per heavy atom. The van der Waals surface area contributed by atoms with Crippen LogP contribution < -0.4 is 24.2 Å². The number of amides is 2. The highest BCUT2D eigenvalue weighted by Gasteiger charge is 2.41. The van der Waals surface area contributed by atoms with Gasteiger partial charge in [-0.25, -0.2) is 0 Å². The normalized spacial score (nSPS) is 16.5. The number of nitrogens with zero attached hydrogens (tertiary/aromatic N) is 2. The van der Waals surface area contributed by atoms with Gasteiger partial charge in [0.2, 0.25) is 0 Å². The van der Waals surface area contributed by atoms with Gasteiger partial charge in [0.15, 0.2) is 0 Å². The standard InChI is InChI=1S/C62H51BN2O6/c66-61(64-34-44-25-38-13-1-2-14-39(38)26-45(44)35-64)55-29-42-17-5-11-23-53(42)57-58-54-24-12-6-18-43(54)30-56(62(67)65-36-46-27-40-15-3-4-16-41(40)28-47(46)37-65)60(58)71-63(70-59(55)57)48-31-51(68-49-19-7-8-20-49)33-52(32-48)69-50-21-9-10-22-50/h1-6,11-18,23-33,49-50H,7-10,19-22,34-37H2. The number of ether oxygens (including phenoxy) is 2. The van der Waals surface area contributed by atoms with Crippen molar-refractivity contribution in [1.82, 2.24) is 9.80 Å². The fourth-order valence-electron chi connectivity index (χ4n) is 12.2. The maximum Gasteiger partial charge on any atom is 0.632 e. The molecule has 0 aromatic heterocycles. The van der Waals surface area contributed by atoms with Gasteiger partial charge in [-0.05, 0) is 165 Å². The molecule has 0 unspecified atom stereocenters. The summed E-state index contributed by atoms with van der Waals surface area (Å²) in [5, 5.41) is 8.15. The van der Waals surface area contributed by atoms with Crippen molar-refractivity contribution in [1.29, 1.82) is 0 Å². The SMILES string of the molecule is O=C(c1cc2ccccc2c2c1OB(c1cc(OC3CCCC3)cc(OC3CCCC3)c1)Oc1c(C(=O)N3Cc4cc5ccccc5cc4C3)cc3ccccc3c1-2)N1Cc2cc3ccccc3cc2C1. The summed E-state index contributed by atoms with van der Waals surface area (Å²) in [6, 6.07) is 51.9. The Bertz CT molecular complexity index is 3350. The first-order chi connectivity index (χ1) is 34.9. The van der Waals surface area contributed by atoms with E-state index in [1.54, 1.807) is 0 Å². The summed E-state index contributed by atoms with van der Waals surface area (Å²) in [5.74, 6) is 1.91. The zero-order valence-electron chi connectivity index (χ0n) is 39.5. The van der Waals surface area contributed by atoms with Crippen LogP contribution >= 0.6 is 0 Å². The van der Waals surface area contributed by atoms with Gasteiger partial charge in [0.05, 0.1) is 23.3 Å². The number of carbonyl (C=O) groups is 2. The molecule has 0 radical (unpaired) electrons. The molecule has 71 heavy (non-hydrogen) atoms. The molecule has 0 bridgehead atoms. The highest BCUT2D eigenvalue weighted by Crippen LogP contribution is 2.51. The molecule has 0 saturated heterocycles. The van der Waals surface area contributed by atoms with Crippen molar-refractivity contribution in [2.24, 2.45) is 0 Å². The maximum atomic E-state index is 15.6. The summed E-state index contributed by atoms with van der Waals surface area (Å²) in [4.78, 5) is 35.0. The van der Waals surface area contributed by atoms with Crippen LogP contribution in [-0.4, -0.2) is 40.9 Å². The third-order valence-corrected chi connectivity index (χ3v) is 15.7. The molecule has 8 nitrogen and oxygen atoms in total. The van der Waals surface area contributed by atoms with Crippen molar-refractivity contribution in [3.63, 3.8) is 0 Å². The lowest BCUT2D eigenvalue weighted by atomic mass is 9.78. The van der Waals surface area contributed by atoms with Crippen molar-refractivity contribution >= 4 is 67.5 Å². The van der Waals surface area contributed by atoms with E-state index in [0.29, 0.717) is 76.9 Å². The lowest BCUT2D eigenvalue weighted by Crippen LogP contribution is -2.43. The molecule has 14 rings (SSSR count). The van der Waals surface area contributed by atoms with Crippen molar-refractivity contribution in [3.05, 3.63) is 185 Å². The van der Waals surface area contributed by atoms with Gasteiger partial charge in [0, 0.05) is 48.8 Å². The van der Waals surface area contributed by atoms with Gasteiger partial charge in [-0.15, -0.1) is 0 Å². The van der Waals surface area contributed by atoms with Crippen LogP contribution in [0.25, 0.3) is 54.2 Å². The van der Waals surface area contributed by atoms with Crippen molar-refractivity contribution < 1.29 is 28.4 Å². The molecular weight excluding hydrogens is 880 g/mol. The molecule has 0 atom stereocenters. The fourth-order valence-corrected chi connectivity index (χ4v) is 12.2. The second-order valence-electron chi connectivity index (χ2n) is 20.3. The molecule has 9 heteroatoms. The van der Waals surface area contributed by atoms with Crippen LogP contribution in [0.5, 0.6) is 23.0 Å². The first kappa shape index (κ1) is 42.1. The molecule has 2 aliphatic carbocycles. The maximum absolute atomic E-state index is 15.6. The van der Waals surface area contributed by atoms with E-state index in [1.165, 1.54) is 0 Å². The molecule has 5 aliphatic rings. The lowest BCUT2D eigenvalue weighted by Gasteiger charge is -2.23. The van der Waals surface area contributed by atoms with E-state index < -0.39 is 7.12 Å². The summed E-state index contributed by atoms with van der Waals surface area (Å²) in [6.07, 6.45) is 8.67. The number of benzene rings is 9. The predicted octanol–water partition coefficient (Wildman–Crippen LogP) is 13.1. The zero-order valence-corrected chi connectivity index (χ0v) is 39.5. The van der Waals surface area contributed by atoms with Gasteiger partial charge in [-0.2, -0.15) is 0 Å². The van der Waals surface area contributed by atoms with Crippen LogP contribution in [0, 0.1) is 0 Å². The van der Waals surface area contributed by atoms with Crippen LogP contribution in [0.15, 0.2) is 152 Å². The van der Waals surface area contributed by atoms with E-state index in [-0.39, 0.29) is 24.0 Å². The Morgan fingerprint density at radius 3 is 1.17 bits per heavy atom. The Balaban J connectivity index is 0.970. The first-order valence-corrected chi connectivity index (χ1v) is 25.5. The van der Waals surface area contributed by atoms with Crippen LogP contribution in [-0.2, 0) is 26.2 Å². The second-order valence-corrected chi connectivity index (χ2v) is 20.3. The predicted molar refractivity (Wildman–Crippen MR) is 281 cm³/mol. The number of fused-ring (bicyclic) bond motifs is 11. The summed E-state index contributed by atoms with van der Waals surface area (Å²) >= 11 is 0.